The summed E-state index contributed by atoms with van der Waals surface area (Å²) in [6, 6.07) is 8.12. The topological polar surface area (TPSA) is 57.6 Å². The third kappa shape index (κ3) is 2.88. The lowest BCUT2D eigenvalue weighted by Gasteiger charge is -2.11. The van der Waals surface area contributed by atoms with Crippen molar-refractivity contribution >= 4 is 39.5 Å². The van der Waals surface area contributed by atoms with Gasteiger partial charge in [0.05, 0.1) is 6.54 Å². The predicted molar refractivity (Wildman–Crippen MR) is 81.0 cm³/mol. The van der Waals surface area contributed by atoms with Crippen LogP contribution in [0.1, 0.15) is 17.4 Å². The molecule has 0 saturated heterocycles. The van der Waals surface area contributed by atoms with Crippen molar-refractivity contribution in [1.82, 2.24) is 4.90 Å². The summed E-state index contributed by atoms with van der Waals surface area (Å²) >= 11 is 1.65. The highest BCUT2D eigenvalue weighted by atomic mass is 32.1. The van der Waals surface area contributed by atoms with Crippen LogP contribution in [-0.2, 0) is 4.79 Å². The van der Waals surface area contributed by atoms with Crippen molar-refractivity contribution in [3.63, 3.8) is 0 Å². The van der Waals surface area contributed by atoms with Gasteiger partial charge in [-0.15, -0.1) is 11.3 Å². The molecule has 1 aromatic heterocycles. The molecule has 0 spiro atoms. The zero-order valence-corrected chi connectivity index (χ0v) is 12.1. The zero-order valence-electron chi connectivity index (χ0n) is 11.3. The number of carbonyl (C=O) groups is 2. The SMILES string of the molecule is CC(=O)N(C/C=C\c1sc2ccccc2c1C)C(=O)O. The molecule has 0 fully saturated rings. The summed E-state index contributed by atoms with van der Waals surface area (Å²) in [5, 5.41) is 10.1. The molecule has 0 atom stereocenters. The normalized spacial score (nSPS) is 11.1. The number of aryl methyl sites for hydroxylation is 1. The van der Waals surface area contributed by atoms with E-state index in [9.17, 15) is 9.59 Å². The van der Waals surface area contributed by atoms with E-state index in [1.807, 2.05) is 25.1 Å². The molecule has 1 N–H and O–H groups in total. The first kappa shape index (κ1) is 14.3. The molecule has 0 aliphatic heterocycles. The second-order valence-corrected chi connectivity index (χ2v) is 5.49. The molecule has 4 nitrogen and oxygen atoms in total. The molecule has 5 heteroatoms. The van der Waals surface area contributed by atoms with Gasteiger partial charge in [0.1, 0.15) is 0 Å². The molecule has 2 aromatic rings. The van der Waals surface area contributed by atoms with E-state index in [4.69, 9.17) is 5.11 Å². The van der Waals surface area contributed by atoms with E-state index in [1.165, 1.54) is 22.6 Å². The van der Waals surface area contributed by atoms with Gasteiger partial charge in [0.2, 0.25) is 5.91 Å². The van der Waals surface area contributed by atoms with Crippen LogP contribution in [0.15, 0.2) is 30.3 Å². The highest BCUT2D eigenvalue weighted by molar-refractivity contribution is 7.20. The van der Waals surface area contributed by atoms with Gasteiger partial charge in [-0.05, 0) is 30.0 Å². The molecule has 2 amide bonds. The van der Waals surface area contributed by atoms with Gasteiger partial charge >= 0.3 is 6.09 Å². The Morgan fingerprint density at radius 3 is 2.65 bits per heavy atom. The van der Waals surface area contributed by atoms with E-state index in [1.54, 1.807) is 17.4 Å². The number of carbonyl (C=O) groups excluding carboxylic acids is 1. The first-order valence-corrected chi connectivity index (χ1v) is 6.98. The summed E-state index contributed by atoms with van der Waals surface area (Å²) in [6.07, 6.45) is 2.35. The lowest BCUT2D eigenvalue weighted by Crippen LogP contribution is -2.33. The average molecular weight is 289 g/mol. The van der Waals surface area contributed by atoms with Crippen LogP contribution in [0.3, 0.4) is 0 Å². The number of hydrogen-bond acceptors (Lipinski definition) is 3. The number of benzene rings is 1. The molecule has 0 saturated carbocycles. The van der Waals surface area contributed by atoms with Gasteiger partial charge in [-0.1, -0.05) is 24.3 Å². The molecule has 0 aliphatic rings. The summed E-state index contributed by atoms with van der Waals surface area (Å²) in [6.45, 7) is 3.35. The van der Waals surface area contributed by atoms with Crippen LogP contribution in [0.25, 0.3) is 16.2 Å². The van der Waals surface area contributed by atoms with Crippen molar-refractivity contribution in [2.24, 2.45) is 0 Å². The van der Waals surface area contributed by atoms with Crippen molar-refractivity contribution in [3.05, 3.63) is 40.8 Å². The number of amides is 2. The molecule has 0 bridgehead atoms. The highest BCUT2D eigenvalue weighted by Gasteiger charge is 2.14. The van der Waals surface area contributed by atoms with Crippen LogP contribution >= 0.6 is 11.3 Å². The Hall–Kier alpha value is -2.14. The Labute approximate surface area is 120 Å². The second-order valence-electron chi connectivity index (χ2n) is 4.40. The third-order valence-corrected chi connectivity index (χ3v) is 4.29. The van der Waals surface area contributed by atoms with Gasteiger partial charge in [0, 0.05) is 16.5 Å². The quantitative estimate of drug-likeness (QED) is 0.936. The minimum Gasteiger partial charge on any atom is -0.465 e. The molecule has 0 radical (unpaired) electrons. The van der Waals surface area contributed by atoms with Crippen LogP contribution in [0, 0.1) is 6.92 Å². The Bertz CT molecular complexity index is 673. The average Bonchev–Trinajstić information content (AvgIpc) is 2.71. The fourth-order valence-corrected chi connectivity index (χ4v) is 3.10. The monoisotopic (exact) mass is 289 g/mol. The number of imide groups is 1. The van der Waals surface area contributed by atoms with Gasteiger partial charge in [0.15, 0.2) is 0 Å². The maximum absolute atomic E-state index is 11.1. The second kappa shape index (κ2) is 5.88. The Kier molecular flexibility index (Phi) is 4.20. The van der Waals surface area contributed by atoms with Crippen molar-refractivity contribution in [3.8, 4) is 0 Å². The molecule has 104 valence electrons. The third-order valence-electron chi connectivity index (χ3n) is 3.05. The van der Waals surface area contributed by atoms with Gasteiger partial charge in [-0.2, -0.15) is 0 Å². The Morgan fingerprint density at radius 2 is 2.05 bits per heavy atom. The molecule has 1 aromatic carbocycles. The van der Waals surface area contributed by atoms with Crippen LogP contribution in [0.2, 0.25) is 0 Å². The Morgan fingerprint density at radius 1 is 1.35 bits per heavy atom. The van der Waals surface area contributed by atoms with Crippen LogP contribution in [-0.4, -0.2) is 28.6 Å². The fourth-order valence-electron chi connectivity index (χ4n) is 1.96. The lowest BCUT2D eigenvalue weighted by molar-refractivity contribution is -0.126. The van der Waals surface area contributed by atoms with E-state index in [-0.39, 0.29) is 6.54 Å². The molecule has 1 heterocycles. The number of fused-ring (bicyclic) bond motifs is 1. The minimum atomic E-state index is -1.23. The maximum atomic E-state index is 11.1. The number of nitrogens with zero attached hydrogens (tertiary/aromatic N) is 1. The van der Waals surface area contributed by atoms with Gasteiger partial charge in [0.25, 0.3) is 0 Å². The van der Waals surface area contributed by atoms with Crippen molar-refractivity contribution in [2.45, 2.75) is 13.8 Å². The summed E-state index contributed by atoms with van der Waals surface area (Å²) in [7, 11) is 0. The van der Waals surface area contributed by atoms with Crippen LogP contribution in [0.5, 0.6) is 0 Å². The summed E-state index contributed by atoms with van der Waals surface area (Å²) < 4.78 is 1.20. The maximum Gasteiger partial charge on any atom is 0.414 e. The summed E-state index contributed by atoms with van der Waals surface area (Å²) in [5.41, 5.74) is 1.17. The smallest absolute Gasteiger partial charge is 0.414 e. The number of thiophene rings is 1. The van der Waals surface area contributed by atoms with E-state index in [2.05, 4.69) is 12.1 Å². The van der Waals surface area contributed by atoms with E-state index in [0.717, 1.165) is 9.78 Å². The summed E-state index contributed by atoms with van der Waals surface area (Å²) in [5.74, 6) is -0.477. The molecular weight excluding hydrogens is 274 g/mol. The standard InChI is InChI=1S/C15H15NO3S/c1-10-12-6-3-4-7-14(12)20-13(10)8-5-9-16(11(2)17)15(18)19/h3-8H,9H2,1-2H3,(H,18,19)/b8-5-. The van der Waals surface area contributed by atoms with Crippen LogP contribution < -0.4 is 0 Å². The largest absolute Gasteiger partial charge is 0.465 e. The summed E-state index contributed by atoms with van der Waals surface area (Å²) in [4.78, 5) is 23.9. The minimum absolute atomic E-state index is 0.0678. The van der Waals surface area contributed by atoms with Crippen molar-refractivity contribution in [1.29, 1.82) is 0 Å². The lowest BCUT2D eigenvalue weighted by atomic mass is 10.1. The first-order chi connectivity index (χ1) is 9.50. The van der Waals surface area contributed by atoms with Crippen molar-refractivity contribution < 1.29 is 14.7 Å². The molecule has 20 heavy (non-hydrogen) atoms. The zero-order chi connectivity index (χ0) is 14.7. The first-order valence-electron chi connectivity index (χ1n) is 6.16. The highest BCUT2D eigenvalue weighted by Crippen LogP contribution is 2.31. The molecule has 2 rings (SSSR count). The number of rotatable bonds is 3. The van der Waals surface area contributed by atoms with Crippen molar-refractivity contribution in [2.75, 3.05) is 6.54 Å². The van der Waals surface area contributed by atoms with Gasteiger partial charge in [-0.3, -0.25) is 4.79 Å². The number of carboxylic acid groups (broad SMARTS) is 1. The van der Waals surface area contributed by atoms with Gasteiger partial charge < -0.3 is 5.11 Å². The molecule has 0 unspecified atom stereocenters. The Balaban J connectivity index is 2.19. The van der Waals surface area contributed by atoms with Crippen LogP contribution in [0.4, 0.5) is 4.79 Å². The number of hydrogen-bond donors (Lipinski definition) is 1. The fraction of sp³-hybridized carbons (Fsp3) is 0.200. The molecular formula is C15H15NO3S. The van der Waals surface area contributed by atoms with E-state index < -0.39 is 12.0 Å². The predicted octanol–water partition coefficient (Wildman–Crippen LogP) is 3.75. The van der Waals surface area contributed by atoms with E-state index >= 15 is 0 Å². The van der Waals surface area contributed by atoms with Gasteiger partial charge in [-0.25, -0.2) is 9.69 Å². The van der Waals surface area contributed by atoms with E-state index in [0.29, 0.717) is 0 Å². The molecule has 0 aliphatic carbocycles.